The van der Waals surface area contributed by atoms with Gasteiger partial charge in [0.2, 0.25) is 0 Å². The molecule has 7 rings (SSSR count). The fourth-order valence-corrected chi connectivity index (χ4v) is 13.3. The first-order chi connectivity index (χ1) is 24.6. The lowest BCUT2D eigenvalue weighted by Crippen LogP contribution is -2.66. The third kappa shape index (κ3) is 5.35. The van der Waals surface area contributed by atoms with E-state index in [2.05, 4.69) is 58.1 Å². The zero-order valence-electron chi connectivity index (χ0n) is 33.6. The molecule has 9 heteroatoms. The molecular weight excluding hydrogens is 669 g/mol. The van der Waals surface area contributed by atoms with Crippen LogP contribution in [0.4, 0.5) is 4.39 Å². The first-order valence-electron chi connectivity index (χ1n) is 20.0. The van der Waals surface area contributed by atoms with Crippen LogP contribution in [0.25, 0.3) is 11.4 Å². The van der Waals surface area contributed by atoms with Crippen molar-refractivity contribution >= 4 is 17.7 Å². The molecule has 0 spiro atoms. The van der Waals surface area contributed by atoms with E-state index in [0.29, 0.717) is 24.1 Å². The van der Waals surface area contributed by atoms with Gasteiger partial charge in [-0.3, -0.25) is 14.4 Å². The number of allylic oxidation sites excluding steroid dienone is 2. The summed E-state index contributed by atoms with van der Waals surface area (Å²) in [5.41, 5.74) is 1.26. The number of ether oxygens (including phenoxy) is 1. The Morgan fingerprint density at radius 2 is 1.62 bits per heavy atom. The number of carboxylic acid groups (broad SMARTS) is 1. The van der Waals surface area contributed by atoms with Crippen molar-refractivity contribution in [3.05, 3.63) is 47.1 Å². The largest absolute Gasteiger partial charge is 0.481 e. The number of fused-ring (bicyclic) bond motifs is 7. The quantitative estimate of drug-likeness (QED) is 0.283. The van der Waals surface area contributed by atoms with Gasteiger partial charge < -0.3 is 14.4 Å². The highest BCUT2D eigenvalue weighted by Gasteiger charge is 2.71. The number of rotatable bonds is 7. The fraction of sp³-hybridized carbons (Fsp3) is 0.705. The van der Waals surface area contributed by atoms with E-state index in [0.717, 1.165) is 68.3 Å². The summed E-state index contributed by atoms with van der Waals surface area (Å²) in [6.07, 6.45) is 7.82. The Bertz CT molecular complexity index is 1880. The molecule has 5 aliphatic carbocycles. The van der Waals surface area contributed by atoms with Crippen LogP contribution in [0, 0.1) is 56.6 Å². The lowest BCUT2D eigenvalue weighted by molar-refractivity contribution is -0.232. The molecule has 8 atom stereocenters. The second-order valence-corrected chi connectivity index (χ2v) is 19.9. The topological polar surface area (TPSA) is 111 Å². The molecule has 0 saturated heterocycles. The molecule has 0 radical (unpaired) electrons. The Hall–Kier alpha value is -3.36. The smallest absolute Gasteiger partial charge is 0.309 e. The summed E-state index contributed by atoms with van der Waals surface area (Å²) in [5, 5.41) is 19.1. The fourth-order valence-electron chi connectivity index (χ4n) is 13.3. The van der Waals surface area contributed by atoms with Crippen molar-refractivity contribution < 1.29 is 28.6 Å². The predicted molar refractivity (Wildman–Crippen MR) is 201 cm³/mol. The minimum atomic E-state index is -1.17. The molecule has 0 bridgehead atoms. The number of ketones is 1. The standard InChI is InChI=1S/C44H60FN3O5/c1-25(2)34-29(49)23-44(37-47-46-36(48(37)10)26-11-13-27(45)14-12-26)22-21-42(8)28(35(34)44)15-16-31-41(7)19-18-32(53-33(50)24-39(3,4)38(51)52)40(5,6)30(41)17-20-43(31,42)9/h11-14,25,28,30-32H,15-24H2,1-10H3,(H,51,52)/t28-,30?,31-,32+,41+,42-,43-,44-/m1/s1. The molecule has 1 unspecified atom stereocenters. The van der Waals surface area contributed by atoms with Gasteiger partial charge in [-0.2, -0.15) is 0 Å². The van der Waals surface area contributed by atoms with E-state index in [1.807, 2.05) is 7.05 Å². The van der Waals surface area contributed by atoms with Gasteiger partial charge >= 0.3 is 11.9 Å². The Morgan fingerprint density at radius 1 is 0.943 bits per heavy atom. The van der Waals surface area contributed by atoms with Gasteiger partial charge in [-0.05, 0) is 141 Å². The monoisotopic (exact) mass is 729 g/mol. The number of aromatic nitrogens is 3. The van der Waals surface area contributed by atoms with Crippen LogP contribution < -0.4 is 0 Å². The van der Waals surface area contributed by atoms with Crippen LogP contribution in [0.5, 0.6) is 0 Å². The zero-order valence-corrected chi connectivity index (χ0v) is 33.6. The van der Waals surface area contributed by atoms with E-state index in [4.69, 9.17) is 9.84 Å². The van der Waals surface area contributed by atoms with Crippen LogP contribution in [0.15, 0.2) is 35.4 Å². The molecule has 53 heavy (non-hydrogen) atoms. The minimum Gasteiger partial charge on any atom is -0.481 e. The number of halogens is 1. The van der Waals surface area contributed by atoms with Gasteiger partial charge in [-0.1, -0.05) is 48.5 Å². The highest BCUT2D eigenvalue weighted by Crippen LogP contribution is 2.76. The Balaban J connectivity index is 1.22. The second kappa shape index (κ2) is 12.3. The van der Waals surface area contributed by atoms with E-state index in [-0.39, 0.29) is 57.6 Å². The molecule has 1 heterocycles. The van der Waals surface area contributed by atoms with Crippen molar-refractivity contribution in [2.75, 3.05) is 0 Å². The minimum absolute atomic E-state index is 0.0260. The normalized spacial score (nSPS) is 36.4. The van der Waals surface area contributed by atoms with Crippen LogP contribution in [0.1, 0.15) is 132 Å². The van der Waals surface area contributed by atoms with E-state index < -0.39 is 22.8 Å². The summed E-state index contributed by atoms with van der Waals surface area (Å²) in [5.74, 6) is 1.25. The highest BCUT2D eigenvalue weighted by molar-refractivity contribution is 6.01. The summed E-state index contributed by atoms with van der Waals surface area (Å²) in [7, 11) is 1.99. The molecule has 288 valence electrons. The molecule has 1 N–H and O–H groups in total. The average Bonchev–Trinajstić information content (AvgIpc) is 3.60. The molecule has 2 aromatic rings. The van der Waals surface area contributed by atoms with Crippen molar-refractivity contribution in [3.8, 4) is 11.4 Å². The van der Waals surface area contributed by atoms with Crippen molar-refractivity contribution in [2.45, 2.75) is 138 Å². The summed E-state index contributed by atoms with van der Waals surface area (Å²) >= 11 is 0. The number of carboxylic acids is 1. The molecule has 5 aliphatic rings. The number of carbonyl (C=O) groups excluding carboxylic acids is 2. The molecule has 8 nitrogen and oxygen atoms in total. The summed E-state index contributed by atoms with van der Waals surface area (Å²) in [6.45, 7) is 19.6. The van der Waals surface area contributed by atoms with Gasteiger partial charge in [-0.15, -0.1) is 10.2 Å². The van der Waals surface area contributed by atoms with Crippen molar-refractivity contribution in [3.63, 3.8) is 0 Å². The average molecular weight is 730 g/mol. The predicted octanol–water partition coefficient (Wildman–Crippen LogP) is 9.27. The number of benzene rings is 1. The molecule has 4 fully saturated rings. The number of carbonyl (C=O) groups is 3. The Morgan fingerprint density at radius 3 is 2.26 bits per heavy atom. The molecule has 1 aromatic carbocycles. The molecule has 1 aromatic heterocycles. The SMILES string of the molecule is CC(C)C1=C2[C@H]3CC[C@@H]4[C@@]5(C)CC[C@H](OC(=O)CC(C)(C)C(=O)O)C(C)(C)C5CC[C@@]4(C)[C@]3(C)CC[C@@]2(c2nnc(-c3ccc(F)cc3)n2C)CC1=O. The van der Waals surface area contributed by atoms with Gasteiger partial charge in [0.25, 0.3) is 0 Å². The highest BCUT2D eigenvalue weighted by atomic mass is 19.1. The van der Waals surface area contributed by atoms with Crippen LogP contribution in [-0.4, -0.2) is 43.7 Å². The first kappa shape index (κ1) is 37.9. The third-order valence-electron chi connectivity index (χ3n) is 16.2. The van der Waals surface area contributed by atoms with Gasteiger partial charge in [-0.25, -0.2) is 4.39 Å². The van der Waals surface area contributed by atoms with E-state index in [9.17, 15) is 23.9 Å². The number of Topliss-reactive ketones (excluding diaryl/α,β-unsaturated/α-hetero) is 1. The van der Waals surface area contributed by atoms with Crippen molar-refractivity contribution in [1.29, 1.82) is 0 Å². The van der Waals surface area contributed by atoms with Gasteiger partial charge in [0.1, 0.15) is 17.7 Å². The van der Waals surface area contributed by atoms with E-state index in [1.54, 1.807) is 26.0 Å². The number of esters is 1. The maximum atomic E-state index is 14.2. The van der Waals surface area contributed by atoms with Crippen LogP contribution in [0.2, 0.25) is 0 Å². The van der Waals surface area contributed by atoms with Crippen LogP contribution in [-0.2, 0) is 31.6 Å². The summed E-state index contributed by atoms with van der Waals surface area (Å²) in [6, 6.07) is 6.39. The Kier molecular flexibility index (Phi) is 8.82. The number of nitrogens with zero attached hydrogens (tertiary/aromatic N) is 3. The molecule has 0 amide bonds. The van der Waals surface area contributed by atoms with E-state index >= 15 is 0 Å². The van der Waals surface area contributed by atoms with Crippen LogP contribution in [0.3, 0.4) is 0 Å². The van der Waals surface area contributed by atoms with Gasteiger partial charge in [0.15, 0.2) is 11.6 Å². The molecular formula is C44H60FN3O5. The third-order valence-corrected chi connectivity index (χ3v) is 16.2. The number of hydrogen-bond donors (Lipinski definition) is 1. The maximum Gasteiger partial charge on any atom is 0.309 e. The molecule has 4 saturated carbocycles. The number of hydrogen-bond acceptors (Lipinski definition) is 6. The second-order valence-electron chi connectivity index (χ2n) is 19.9. The lowest BCUT2D eigenvalue weighted by Gasteiger charge is -2.72. The van der Waals surface area contributed by atoms with E-state index in [1.165, 1.54) is 17.7 Å². The molecule has 0 aliphatic heterocycles. The first-order valence-corrected chi connectivity index (χ1v) is 20.0. The van der Waals surface area contributed by atoms with Gasteiger partial charge in [0, 0.05) is 24.4 Å². The van der Waals surface area contributed by atoms with Crippen LogP contribution >= 0.6 is 0 Å². The van der Waals surface area contributed by atoms with Crippen molar-refractivity contribution in [1.82, 2.24) is 14.8 Å². The zero-order chi connectivity index (χ0) is 38.7. The number of aliphatic carboxylic acids is 1. The Labute approximate surface area is 314 Å². The summed E-state index contributed by atoms with van der Waals surface area (Å²) in [4.78, 5) is 39.1. The van der Waals surface area contributed by atoms with Crippen molar-refractivity contribution in [2.24, 2.45) is 57.8 Å². The van der Waals surface area contributed by atoms with Gasteiger partial charge in [0.05, 0.1) is 17.3 Å². The summed E-state index contributed by atoms with van der Waals surface area (Å²) < 4.78 is 22.1. The maximum absolute atomic E-state index is 14.2. The lowest BCUT2D eigenvalue weighted by atomic mass is 9.33.